The van der Waals surface area contributed by atoms with Gasteiger partial charge in [0.2, 0.25) is 17.6 Å². The number of hydrogen-bond donors (Lipinski definition) is 0. The van der Waals surface area contributed by atoms with Crippen molar-refractivity contribution in [2.45, 2.75) is 32.9 Å². The summed E-state index contributed by atoms with van der Waals surface area (Å²) in [5.74, 6) is 1.72. The van der Waals surface area contributed by atoms with Crippen molar-refractivity contribution >= 4 is 5.91 Å². The molecule has 5 rings (SSSR count). The lowest BCUT2D eigenvalue weighted by Gasteiger charge is -2.38. The van der Waals surface area contributed by atoms with E-state index in [2.05, 4.69) is 74.2 Å². The Morgan fingerprint density at radius 2 is 1.56 bits per heavy atom. The largest absolute Gasteiger partial charge is 0.340 e. The van der Waals surface area contributed by atoms with E-state index in [-0.39, 0.29) is 5.92 Å². The van der Waals surface area contributed by atoms with E-state index in [1.165, 1.54) is 11.1 Å². The van der Waals surface area contributed by atoms with Crippen LogP contribution in [0.15, 0.2) is 59.1 Å². The smallest absolute Gasteiger partial charge is 0.241 e. The van der Waals surface area contributed by atoms with E-state index in [0.29, 0.717) is 24.2 Å². The molecule has 1 aromatic heterocycles. The van der Waals surface area contributed by atoms with Crippen molar-refractivity contribution in [2.75, 3.05) is 39.3 Å². The standard InChI is InChI=1S/C27H33N5O2/c1-21-7-9-23(10-8-21)26-28-25(34-29-26)20-30-13-11-24(12-14-30)27(33)32-17-15-31(16-18-32)19-22-5-3-2-4-6-22/h2-10,24H,11-20H2,1H3. The van der Waals surface area contributed by atoms with E-state index in [4.69, 9.17) is 4.52 Å². The van der Waals surface area contributed by atoms with Gasteiger partial charge in [0.25, 0.3) is 0 Å². The Bertz CT molecular complexity index is 1070. The first kappa shape index (κ1) is 22.7. The Morgan fingerprint density at radius 1 is 0.882 bits per heavy atom. The SMILES string of the molecule is Cc1ccc(-c2noc(CN3CCC(C(=O)N4CCN(Cc5ccccc5)CC4)CC3)n2)cc1. The van der Waals surface area contributed by atoms with Crippen LogP contribution in [0.1, 0.15) is 29.9 Å². The topological polar surface area (TPSA) is 65.7 Å². The summed E-state index contributed by atoms with van der Waals surface area (Å²) >= 11 is 0. The van der Waals surface area contributed by atoms with Crippen LogP contribution >= 0.6 is 0 Å². The molecule has 0 bridgehead atoms. The fraction of sp³-hybridized carbons (Fsp3) is 0.444. The molecule has 0 N–H and O–H groups in total. The van der Waals surface area contributed by atoms with Crippen molar-refractivity contribution in [2.24, 2.45) is 5.92 Å². The van der Waals surface area contributed by atoms with E-state index >= 15 is 0 Å². The number of hydrogen-bond acceptors (Lipinski definition) is 6. The third-order valence-electron chi connectivity index (χ3n) is 7.01. The van der Waals surface area contributed by atoms with E-state index in [1.807, 2.05) is 12.1 Å². The Hall–Kier alpha value is -3.03. The number of carbonyl (C=O) groups is 1. The minimum atomic E-state index is 0.128. The van der Waals surface area contributed by atoms with Crippen LogP contribution in [0.25, 0.3) is 11.4 Å². The zero-order valence-corrected chi connectivity index (χ0v) is 19.9. The minimum absolute atomic E-state index is 0.128. The van der Waals surface area contributed by atoms with Gasteiger partial charge in [-0.05, 0) is 38.4 Å². The summed E-state index contributed by atoms with van der Waals surface area (Å²) in [5, 5.41) is 4.14. The van der Waals surface area contributed by atoms with Crippen LogP contribution in [0.3, 0.4) is 0 Å². The Kier molecular flexibility index (Phi) is 7.02. The van der Waals surface area contributed by atoms with E-state index < -0.39 is 0 Å². The second kappa shape index (κ2) is 10.5. The average molecular weight is 460 g/mol. The zero-order valence-electron chi connectivity index (χ0n) is 19.9. The average Bonchev–Trinajstić information content (AvgIpc) is 3.34. The van der Waals surface area contributed by atoms with Crippen molar-refractivity contribution in [1.82, 2.24) is 24.8 Å². The number of aromatic nitrogens is 2. The fourth-order valence-corrected chi connectivity index (χ4v) is 4.89. The van der Waals surface area contributed by atoms with Crippen molar-refractivity contribution < 1.29 is 9.32 Å². The lowest BCUT2D eigenvalue weighted by Crippen LogP contribution is -2.51. The molecule has 1 amide bonds. The molecule has 0 atom stereocenters. The monoisotopic (exact) mass is 459 g/mol. The van der Waals surface area contributed by atoms with Gasteiger partial charge in [0.1, 0.15) is 0 Å². The number of amides is 1. The van der Waals surface area contributed by atoms with Crippen LogP contribution in [0, 0.1) is 12.8 Å². The van der Waals surface area contributed by atoms with Crippen molar-refractivity contribution in [3.05, 3.63) is 71.6 Å². The highest BCUT2D eigenvalue weighted by Gasteiger charge is 2.31. The van der Waals surface area contributed by atoms with Gasteiger partial charge in [-0.2, -0.15) is 4.98 Å². The lowest BCUT2D eigenvalue weighted by molar-refractivity contribution is -0.139. The number of piperidine rings is 1. The third kappa shape index (κ3) is 5.54. The Morgan fingerprint density at radius 3 is 2.26 bits per heavy atom. The third-order valence-corrected chi connectivity index (χ3v) is 7.01. The normalized spacial score (nSPS) is 18.3. The van der Waals surface area contributed by atoms with Crippen molar-refractivity contribution in [3.63, 3.8) is 0 Å². The first-order valence-electron chi connectivity index (χ1n) is 12.3. The quantitative estimate of drug-likeness (QED) is 0.561. The van der Waals surface area contributed by atoms with E-state index in [1.54, 1.807) is 0 Å². The van der Waals surface area contributed by atoms with Crippen LogP contribution in [-0.2, 0) is 17.9 Å². The van der Waals surface area contributed by atoms with Crippen LogP contribution in [0.2, 0.25) is 0 Å². The number of nitrogens with zero attached hydrogens (tertiary/aromatic N) is 5. The fourth-order valence-electron chi connectivity index (χ4n) is 4.89. The number of piperazine rings is 1. The first-order valence-corrected chi connectivity index (χ1v) is 12.3. The molecule has 2 fully saturated rings. The zero-order chi connectivity index (χ0) is 23.3. The van der Waals surface area contributed by atoms with Gasteiger partial charge < -0.3 is 9.42 Å². The molecule has 2 saturated heterocycles. The maximum absolute atomic E-state index is 13.1. The molecule has 7 heteroatoms. The second-order valence-electron chi connectivity index (χ2n) is 9.52. The molecule has 0 unspecified atom stereocenters. The molecule has 0 saturated carbocycles. The number of carbonyl (C=O) groups excluding carboxylic acids is 1. The maximum Gasteiger partial charge on any atom is 0.241 e. The van der Waals surface area contributed by atoms with Gasteiger partial charge in [-0.25, -0.2) is 0 Å². The van der Waals surface area contributed by atoms with Crippen molar-refractivity contribution in [1.29, 1.82) is 0 Å². The molecule has 3 aromatic rings. The molecule has 2 aliphatic rings. The molecule has 34 heavy (non-hydrogen) atoms. The molecule has 3 heterocycles. The molecule has 178 valence electrons. The van der Waals surface area contributed by atoms with Crippen molar-refractivity contribution in [3.8, 4) is 11.4 Å². The van der Waals surface area contributed by atoms with Gasteiger partial charge in [-0.3, -0.25) is 14.6 Å². The van der Waals surface area contributed by atoms with Crippen LogP contribution in [0.5, 0.6) is 0 Å². The van der Waals surface area contributed by atoms with Gasteiger partial charge in [-0.15, -0.1) is 0 Å². The molecule has 2 aliphatic heterocycles. The lowest BCUT2D eigenvalue weighted by atomic mass is 9.95. The summed E-state index contributed by atoms with van der Waals surface area (Å²) in [6.07, 6.45) is 1.78. The van der Waals surface area contributed by atoms with E-state index in [9.17, 15) is 4.79 Å². The Balaban J connectivity index is 1.06. The minimum Gasteiger partial charge on any atom is -0.340 e. The number of likely N-dealkylation sites (tertiary alicyclic amines) is 1. The molecule has 0 spiro atoms. The molecular weight excluding hydrogens is 426 g/mol. The summed E-state index contributed by atoms with van der Waals surface area (Å²) in [7, 11) is 0. The number of benzene rings is 2. The summed E-state index contributed by atoms with van der Waals surface area (Å²) in [6.45, 7) is 8.97. The summed E-state index contributed by atoms with van der Waals surface area (Å²) in [4.78, 5) is 24.5. The first-order chi connectivity index (χ1) is 16.6. The highest BCUT2D eigenvalue weighted by molar-refractivity contribution is 5.79. The van der Waals surface area contributed by atoms with Crippen LogP contribution in [0.4, 0.5) is 0 Å². The maximum atomic E-state index is 13.1. The number of rotatable bonds is 6. The van der Waals surface area contributed by atoms with Gasteiger partial charge in [0, 0.05) is 44.2 Å². The van der Waals surface area contributed by atoms with E-state index in [0.717, 1.165) is 64.2 Å². The number of aryl methyl sites for hydroxylation is 1. The highest BCUT2D eigenvalue weighted by atomic mass is 16.5. The summed E-state index contributed by atoms with van der Waals surface area (Å²) in [6, 6.07) is 18.7. The molecule has 2 aromatic carbocycles. The van der Waals surface area contributed by atoms with Gasteiger partial charge >= 0.3 is 0 Å². The molecular formula is C27H33N5O2. The summed E-state index contributed by atoms with van der Waals surface area (Å²) < 4.78 is 5.49. The van der Waals surface area contributed by atoms with Crippen LogP contribution in [-0.4, -0.2) is 70.0 Å². The summed E-state index contributed by atoms with van der Waals surface area (Å²) in [5.41, 5.74) is 3.51. The molecule has 0 radical (unpaired) electrons. The van der Waals surface area contributed by atoms with Crippen LogP contribution < -0.4 is 0 Å². The van der Waals surface area contributed by atoms with Gasteiger partial charge in [0.05, 0.1) is 6.54 Å². The molecule has 0 aliphatic carbocycles. The predicted octanol–water partition coefficient (Wildman–Crippen LogP) is 3.60. The molecule has 7 nitrogen and oxygen atoms in total. The second-order valence-corrected chi connectivity index (χ2v) is 9.52. The predicted molar refractivity (Wildman–Crippen MR) is 131 cm³/mol. The highest BCUT2D eigenvalue weighted by Crippen LogP contribution is 2.23. The Labute approximate surface area is 201 Å². The van der Waals surface area contributed by atoms with Gasteiger partial charge in [-0.1, -0.05) is 65.3 Å². The van der Waals surface area contributed by atoms with Gasteiger partial charge in [0.15, 0.2) is 0 Å².